The molecule has 5 nitrogen and oxygen atoms in total. The number of aliphatic imine (C=N–C) groups is 1. The van der Waals surface area contributed by atoms with Gasteiger partial charge in [-0.3, -0.25) is 4.99 Å². The number of hydrogen-bond donors (Lipinski definition) is 3. The van der Waals surface area contributed by atoms with E-state index in [-0.39, 0.29) is 12.1 Å². The highest BCUT2D eigenvalue weighted by Crippen LogP contribution is 2.31. The summed E-state index contributed by atoms with van der Waals surface area (Å²) >= 11 is 0. The zero-order valence-electron chi connectivity index (χ0n) is 15.9. The van der Waals surface area contributed by atoms with Crippen molar-refractivity contribution in [2.45, 2.75) is 56.1 Å². The average molecular weight is 380 g/mol. The topological polar surface area (TPSA) is 76.3 Å². The molecule has 3 N–H and O–H groups in total. The molecule has 28 heavy (non-hydrogen) atoms. The number of hydrogen-bond acceptors (Lipinski definition) is 5. The van der Waals surface area contributed by atoms with Crippen LogP contribution in [0.1, 0.15) is 24.0 Å². The maximum Gasteiger partial charge on any atom is 0.139 e. The number of benzene rings is 2. The highest BCUT2D eigenvalue weighted by atomic mass is 16.4. The van der Waals surface area contributed by atoms with Crippen LogP contribution in [0.3, 0.4) is 0 Å². The molecule has 5 heteroatoms. The molecule has 0 bridgehead atoms. The van der Waals surface area contributed by atoms with Gasteiger partial charge in [0.1, 0.15) is 24.1 Å². The van der Waals surface area contributed by atoms with Gasteiger partial charge in [-0.05, 0) is 36.8 Å². The maximum atomic E-state index is 10.4. The third-order valence-electron chi connectivity index (χ3n) is 5.95. The number of nitrogens with zero attached hydrogens (tertiary/aromatic N) is 2. The fraction of sp³-hybridized carbons (Fsp3) is 0.435. The van der Waals surface area contributed by atoms with E-state index in [1.807, 2.05) is 41.3 Å². The molecule has 2 aliphatic rings. The minimum absolute atomic E-state index is 0.0473. The fourth-order valence-electron chi connectivity index (χ4n) is 4.38. The lowest BCUT2D eigenvalue weighted by molar-refractivity contribution is -0.0643. The van der Waals surface area contributed by atoms with E-state index >= 15 is 0 Å². The Hall–Kier alpha value is -2.21. The van der Waals surface area contributed by atoms with Gasteiger partial charge < -0.3 is 20.2 Å². The summed E-state index contributed by atoms with van der Waals surface area (Å²) in [6.07, 6.45) is 0.359. The molecule has 148 valence electrons. The van der Waals surface area contributed by atoms with Crippen LogP contribution in [-0.2, 0) is 12.8 Å². The largest absolute Gasteiger partial charge is 0.388 e. The molecule has 2 heterocycles. The second-order valence-corrected chi connectivity index (χ2v) is 7.83. The monoisotopic (exact) mass is 380 g/mol. The highest BCUT2D eigenvalue weighted by Gasteiger charge is 2.46. The maximum absolute atomic E-state index is 10.4. The standard InChI is InChI=1S/C23H28N2O3/c26-20-15-25-19(14-12-17-9-5-2-6-10-17)18(24-23(25)22(28)21(20)27)13-11-16-7-3-1-4-8-16/h1-10,18-22,26-28H,11-15H2/t18?,19?,20-,21-,22+/m0/s1. The van der Waals surface area contributed by atoms with Crippen molar-refractivity contribution in [1.29, 1.82) is 0 Å². The van der Waals surface area contributed by atoms with Crippen LogP contribution < -0.4 is 0 Å². The van der Waals surface area contributed by atoms with Gasteiger partial charge in [-0.2, -0.15) is 0 Å². The zero-order valence-corrected chi connectivity index (χ0v) is 15.9. The summed E-state index contributed by atoms with van der Waals surface area (Å²) in [5.74, 6) is 0.536. The Labute approximate surface area is 166 Å². The van der Waals surface area contributed by atoms with E-state index < -0.39 is 18.3 Å². The molecule has 2 unspecified atom stereocenters. The number of rotatable bonds is 6. The smallest absolute Gasteiger partial charge is 0.139 e. The van der Waals surface area contributed by atoms with E-state index in [9.17, 15) is 15.3 Å². The van der Waals surface area contributed by atoms with Gasteiger partial charge in [-0.15, -0.1) is 0 Å². The van der Waals surface area contributed by atoms with Gasteiger partial charge in [0.25, 0.3) is 0 Å². The van der Waals surface area contributed by atoms with Gasteiger partial charge in [-0.25, -0.2) is 0 Å². The molecular formula is C23H28N2O3. The number of aliphatic hydroxyl groups is 3. The molecule has 0 aliphatic carbocycles. The van der Waals surface area contributed by atoms with Crippen molar-refractivity contribution in [3.63, 3.8) is 0 Å². The Morgan fingerprint density at radius 3 is 2.00 bits per heavy atom. The number of aryl methyl sites for hydroxylation is 2. The van der Waals surface area contributed by atoms with Crippen LogP contribution in [0.5, 0.6) is 0 Å². The van der Waals surface area contributed by atoms with Gasteiger partial charge in [0.05, 0.1) is 12.1 Å². The first-order valence-corrected chi connectivity index (χ1v) is 10.1. The molecule has 4 rings (SSSR count). The van der Waals surface area contributed by atoms with Crippen molar-refractivity contribution >= 4 is 5.84 Å². The summed E-state index contributed by atoms with van der Waals surface area (Å²) < 4.78 is 0. The molecular weight excluding hydrogens is 352 g/mol. The van der Waals surface area contributed by atoms with Gasteiger partial charge in [0.15, 0.2) is 0 Å². The van der Waals surface area contributed by atoms with Crippen LogP contribution in [0.4, 0.5) is 0 Å². The SMILES string of the molecule is O[C@H]1[C@@H](O)CN2C(=NC(CCc3ccccc3)C2CCc2ccccc2)[C@@H]1O. The van der Waals surface area contributed by atoms with E-state index in [1.54, 1.807) is 0 Å². The summed E-state index contributed by atoms with van der Waals surface area (Å²) in [5.41, 5.74) is 2.55. The van der Waals surface area contributed by atoms with E-state index in [2.05, 4.69) is 24.3 Å². The fourth-order valence-corrected chi connectivity index (χ4v) is 4.38. The lowest BCUT2D eigenvalue weighted by atomic mass is 9.93. The lowest BCUT2D eigenvalue weighted by Crippen LogP contribution is -2.59. The first-order chi connectivity index (χ1) is 13.6. The molecule has 0 spiro atoms. The van der Waals surface area contributed by atoms with E-state index in [1.165, 1.54) is 11.1 Å². The second-order valence-electron chi connectivity index (χ2n) is 7.83. The van der Waals surface area contributed by atoms with Crippen molar-refractivity contribution in [1.82, 2.24) is 4.90 Å². The molecule has 0 radical (unpaired) electrons. The van der Waals surface area contributed by atoms with Crippen LogP contribution in [-0.4, -0.2) is 63.0 Å². The average Bonchev–Trinajstić information content (AvgIpc) is 3.08. The van der Waals surface area contributed by atoms with E-state index in [4.69, 9.17) is 4.99 Å². The minimum Gasteiger partial charge on any atom is -0.388 e. The molecule has 2 aliphatic heterocycles. The Kier molecular flexibility index (Phi) is 5.76. The van der Waals surface area contributed by atoms with Crippen LogP contribution in [0.2, 0.25) is 0 Å². The van der Waals surface area contributed by atoms with E-state index in [0.29, 0.717) is 12.4 Å². The normalized spacial score (nSPS) is 29.5. The predicted molar refractivity (Wildman–Crippen MR) is 109 cm³/mol. The first-order valence-electron chi connectivity index (χ1n) is 10.1. The summed E-state index contributed by atoms with van der Waals surface area (Å²) in [4.78, 5) is 6.83. The van der Waals surface area contributed by atoms with Gasteiger partial charge in [-0.1, -0.05) is 60.7 Å². The van der Waals surface area contributed by atoms with Crippen molar-refractivity contribution in [2.75, 3.05) is 6.54 Å². The minimum atomic E-state index is -1.17. The summed E-state index contributed by atoms with van der Waals surface area (Å²) in [5, 5.41) is 30.7. The van der Waals surface area contributed by atoms with Crippen molar-refractivity contribution in [3.05, 3.63) is 71.8 Å². The Morgan fingerprint density at radius 2 is 1.39 bits per heavy atom. The first kappa shape index (κ1) is 19.1. The quantitative estimate of drug-likeness (QED) is 0.714. The third-order valence-corrected chi connectivity index (χ3v) is 5.95. The Bertz CT molecular complexity index is 796. The number of piperidine rings is 1. The van der Waals surface area contributed by atoms with Gasteiger partial charge in [0, 0.05) is 6.54 Å². The zero-order chi connectivity index (χ0) is 19.5. The van der Waals surface area contributed by atoms with Crippen molar-refractivity contribution in [2.24, 2.45) is 4.99 Å². The molecule has 1 saturated heterocycles. The summed E-state index contributed by atoms with van der Waals surface area (Å²) in [6.45, 7) is 0.318. The summed E-state index contributed by atoms with van der Waals surface area (Å²) in [7, 11) is 0. The van der Waals surface area contributed by atoms with Crippen LogP contribution in [0.25, 0.3) is 0 Å². The van der Waals surface area contributed by atoms with Gasteiger partial charge in [0.2, 0.25) is 0 Å². The predicted octanol–water partition coefficient (Wildman–Crippen LogP) is 1.80. The molecule has 2 aromatic carbocycles. The molecule has 0 saturated carbocycles. The van der Waals surface area contributed by atoms with Crippen molar-refractivity contribution < 1.29 is 15.3 Å². The highest BCUT2D eigenvalue weighted by molar-refractivity contribution is 5.90. The number of amidine groups is 1. The Morgan fingerprint density at radius 1 is 0.821 bits per heavy atom. The van der Waals surface area contributed by atoms with Gasteiger partial charge >= 0.3 is 0 Å². The van der Waals surface area contributed by atoms with E-state index in [0.717, 1.165) is 25.7 Å². The second kappa shape index (κ2) is 8.43. The molecule has 0 aromatic heterocycles. The van der Waals surface area contributed by atoms with Crippen LogP contribution >= 0.6 is 0 Å². The van der Waals surface area contributed by atoms with Crippen LogP contribution in [0.15, 0.2) is 65.7 Å². The summed E-state index contributed by atoms with van der Waals surface area (Å²) in [6, 6.07) is 20.9. The third kappa shape index (κ3) is 3.97. The molecule has 2 aromatic rings. The molecule has 5 atom stereocenters. The number of aliphatic hydroxyl groups excluding tert-OH is 3. The number of fused-ring (bicyclic) bond motifs is 1. The Balaban J connectivity index is 1.51. The van der Waals surface area contributed by atoms with Crippen molar-refractivity contribution in [3.8, 4) is 0 Å². The lowest BCUT2D eigenvalue weighted by Gasteiger charge is -2.40. The molecule has 0 amide bonds. The van der Waals surface area contributed by atoms with Crippen LogP contribution in [0, 0.1) is 0 Å². The molecule has 1 fully saturated rings.